The predicted molar refractivity (Wildman–Crippen MR) is 60.1 cm³/mol. The van der Waals surface area contributed by atoms with E-state index < -0.39 is 0 Å². The van der Waals surface area contributed by atoms with Crippen molar-refractivity contribution in [1.82, 2.24) is 0 Å². The van der Waals surface area contributed by atoms with Gasteiger partial charge in [-0.25, -0.2) is 0 Å². The maximum atomic E-state index is 11.0. The third-order valence-corrected chi connectivity index (χ3v) is 2.84. The van der Waals surface area contributed by atoms with Crippen molar-refractivity contribution in [3.63, 3.8) is 0 Å². The van der Waals surface area contributed by atoms with Crippen LogP contribution in [-0.2, 0) is 0 Å². The van der Waals surface area contributed by atoms with E-state index in [1.54, 1.807) is 0 Å². The van der Waals surface area contributed by atoms with E-state index in [9.17, 15) is 4.39 Å². The van der Waals surface area contributed by atoms with Gasteiger partial charge in [0.05, 0.1) is 6.67 Å². The minimum absolute atomic E-state index is 0.156. The third-order valence-electron chi connectivity index (χ3n) is 2.84. The van der Waals surface area contributed by atoms with Gasteiger partial charge >= 0.3 is 0 Å². The van der Waals surface area contributed by atoms with Crippen molar-refractivity contribution >= 4 is 0 Å². The maximum Gasteiger partial charge on any atom is 0.0894 e. The summed E-state index contributed by atoms with van der Waals surface area (Å²) in [5, 5.41) is 0. The van der Waals surface area contributed by atoms with Gasteiger partial charge in [0, 0.05) is 0 Å². The Morgan fingerprint density at radius 1 is 1.07 bits per heavy atom. The van der Waals surface area contributed by atoms with Crippen molar-refractivity contribution in [2.24, 2.45) is 11.8 Å². The van der Waals surface area contributed by atoms with Gasteiger partial charge in [0.15, 0.2) is 0 Å². The van der Waals surface area contributed by atoms with Gasteiger partial charge in [-0.15, -0.1) is 0 Å². The molecule has 0 aromatic carbocycles. The highest BCUT2D eigenvalue weighted by atomic mass is 19.1. The van der Waals surface area contributed by atoms with Crippen molar-refractivity contribution in [3.8, 4) is 0 Å². The molecule has 14 heavy (non-hydrogen) atoms. The first kappa shape index (κ1) is 11.7. The molecular weight excluding hydrogens is 175 g/mol. The van der Waals surface area contributed by atoms with E-state index in [4.69, 9.17) is 0 Å². The SMILES string of the molecule is C1C2=C3C[C@@H]3[C@H]12.CCC.CCCCF. The Bertz CT molecular complexity index is 185. The Balaban J connectivity index is 0.000000114. The summed E-state index contributed by atoms with van der Waals surface area (Å²) >= 11 is 0. The van der Waals surface area contributed by atoms with Crippen LogP contribution in [0.15, 0.2) is 11.1 Å². The number of alkyl halides is 1. The second kappa shape index (κ2) is 5.53. The average molecular weight is 198 g/mol. The van der Waals surface area contributed by atoms with Gasteiger partial charge in [-0.05, 0) is 31.1 Å². The quantitative estimate of drug-likeness (QED) is 0.573. The van der Waals surface area contributed by atoms with Crippen LogP contribution in [0, 0.1) is 11.8 Å². The minimum atomic E-state index is -0.156. The summed E-state index contributed by atoms with van der Waals surface area (Å²) in [6.07, 6.45) is 5.94. The fraction of sp³-hybridized carbons (Fsp3) is 0.846. The van der Waals surface area contributed by atoms with Gasteiger partial charge in [-0.2, -0.15) is 0 Å². The first-order valence-electron chi connectivity index (χ1n) is 6.07. The number of hydrogen-bond acceptors (Lipinski definition) is 0. The molecule has 2 fully saturated rings. The maximum absolute atomic E-state index is 11.0. The van der Waals surface area contributed by atoms with E-state index in [-0.39, 0.29) is 6.67 Å². The fourth-order valence-electron chi connectivity index (χ4n) is 1.90. The van der Waals surface area contributed by atoms with Crippen molar-refractivity contribution in [2.45, 2.75) is 52.9 Å². The summed E-state index contributed by atoms with van der Waals surface area (Å²) in [6, 6.07) is 0. The van der Waals surface area contributed by atoms with Gasteiger partial charge in [0.2, 0.25) is 0 Å². The smallest absolute Gasteiger partial charge is 0.0894 e. The summed E-state index contributed by atoms with van der Waals surface area (Å²) in [4.78, 5) is 0. The number of fused-ring (bicyclic) bond motifs is 3. The molecular formula is C13H23F. The third kappa shape index (κ3) is 2.83. The second-order valence-corrected chi connectivity index (χ2v) is 4.42. The summed E-state index contributed by atoms with van der Waals surface area (Å²) in [7, 11) is 0. The summed E-state index contributed by atoms with van der Waals surface area (Å²) in [5.41, 5.74) is 3.69. The van der Waals surface area contributed by atoms with E-state index in [1.165, 1.54) is 19.3 Å². The number of halogens is 1. The molecule has 3 aliphatic rings. The Morgan fingerprint density at radius 3 is 1.57 bits per heavy atom. The highest BCUT2D eigenvalue weighted by molar-refractivity contribution is 5.54. The molecule has 0 amide bonds. The van der Waals surface area contributed by atoms with E-state index >= 15 is 0 Å². The van der Waals surface area contributed by atoms with Gasteiger partial charge < -0.3 is 0 Å². The molecule has 0 N–H and O–H groups in total. The van der Waals surface area contributed by atoms with Crippen LogP contribution in [0.3, 0.4) is 0 Å². The topological polar surface area (TPSA) is 0 Å². The zero-order valence-electron chi connectivity index (χ0n) is 9.78. The van der Waals surface area contributed by atoms with Gasteiger partial charge in [0.25, 0.3) is 0 Å². The zero-order valence-corrected chi connectivity index (χ0v) is 9.78. The molecule has 82 valence electrons. The molecule has 2 atom stereocenters. The number of allylic oxidation sites excluding steroid dienone is 2. The van der Waals surface area contributed by atoms with E-state index in [0.717, 1.165) is 24.7 Å². The fourth-order valence-corrected chi connectivity index (χ4v) is 1.90. The molecule has 0 radical (unpaired) electrons. The van der Waals surface area contributed by atoms with Crippen LogP contribution in [0.5, 0.6) is 0 Å². The Kier molecular flexibility index (Phi) is 4.64. The Labute approximate surface area is 87.6 Å². The highest BCUT2D eigenvalue weighted by Gasteiger charge is 2.59. The molecule has 0 heterocycles. The lowest BCUT2D eigenvalue weighted by atomic mass is 10.1. The van der Waals surface area contributed by atoms with Crippen molar-refractivity contribution in [3.05, 3.63) is 11.1 Å². The normalized spacial score (nSPS) is 28.3. The van der Waals surface area contributed by atoms with Gasteiger partial charge in [0.1, 0.15) is 0 Å². The van der Waals surface area contributed by atoms with Crippen LogP contribution in [0.25, 0.3) is 0 Å². The monoisotopic (exact) mass is 198 g/mol. The Morgan fingerprint density at radius 2 is 1.50 bits per heavy atom. The molecule has 0 aliphatic heterocycles. The molecule has 0 aromatic rings. The highest BCUT2D eigenvalue weighted by Crippen LogP contribution is 2.71. The molecule has 0 spiro atoms. The molecule has 0 bridgehead atoms. The van der Waals surface area contributed by atoms with E-state index in [0.29, 0.717) is 0 Å². The molecule has 0 aromatic heterocycles. The zero-order chi connectivity index (χ0) is 10.6. The second-order valence-electron chi connectivity index (χ2n) is 4.42. The lowest BCUT2D eigenvalue weighted by molar-refractivity contribution is 0.469. The minimum Gasteiger partial charge on any atom is -0.251 e. The lowest BCUT2D eigenvalue weighted by Gasteiger charge is -1.90. The van der Waals surface area contributed by atoms with Crippen molar-refractivity contribution in [2.75, 3.05) is 6.67 Å². The largest absolute Gasteiger partial charge is 0.251 e. The van der Waals surface area contributed by atoms with Crippen LogP contribution in [-0.4, -0.2) is 6.67 Å². The first-order chi connectivity index (χ1) is 6.79. The summed E-state index contributed by atoms with van der Waals surface area (Å²) in [5.74, 6) is 2.31. The molecule has 3 aliphatic carbocycles. The standard InChI is InChI=1S/C6H6.C4H9F.C3H8/c1-3-4(1)6-2-5(3)6;1-2-3-4-5;1-3-2/h3,5H,1-2H2;2-4H2,1H3;3H2,1-2H3/t3-,5-;;. The molecule has 0 saturated heterocycles. The molecule has 2 saturated carbocycles. The predicted octanol–water partition coefficient (Wildman–Crippen LogP) is 4.51. The van der Waals surface area contributed by atoms with Crippen LogP contribution >= 0.6 is 0 Å². The van der Waals surface area contributed by atoms with Crippen molar-refractivity contribution in [1.29, 1.82) is 0 Å². The first-order valence-corrected chi connectivity index (χ1v) is 6.07. The molecule has 0 unspecified atom stereocenters. The molecule has 0 nitrogen and oxygen atoms in total. The molecule has 3 rings (SSSR count). The number of hydrogen-bond donors (Lipinski definition) is 0. The van der Waals surface area contributed by atoms with Crippen molar-refractivity contribution < 1.29 is 4.39 Å². The van der Waals surface area contributed by atoms with Crippen LogP contribution in [0.4, 0.5) is 4.39 Å². The van der Waals surface area contributed by atoms with E-state index in [2.05, 4.69) is 13.8 Å². The number of unbranched alkanes of at least 4 members (excludes halogenated alkanes) is 1. The summed E-state index contributed by atoms with van der Waals surface area (Å²) < 4.78 is 11.0. The summed E-state index contributed by atoms with van der Waals surface area (Å²) in [6.45, 7) is 6.07. The lowest BCUT2D eigenvalue weighted by Crippen LogP contribution is -1.82. The van der Waals surface area contributed by atoms with Gasteiger partial charge in [-0.1, -0.05) is 44.8 Å². The van der Waals surface area contributed by atoms with Crippen LogP contribution in [0.1, 0.15) is 52.9 Å². The average Bonchev–Trinajstić information content (AvgIpc) is 2.93. The molecule has 1 heteroatoms. The van der Waals surface area contributed by atoms with E-state index in [1.807, 2.05) is 18.1 Å². The van der Waals surface area contributed by atoms with Crippen LogP contribution < -0.4 is 0 Å². The Hall–Kier alpha value is -0.330. The van der Waals surface area contributed by atoms with Gasteiger partial charge in [-0.3, -0.25) is 4.39 Å². The number of rotatable bonds is 2. The van der Waals surface area contributed by atoms with Crippen LogP contribution in [0.2, 0.25) is 0 Å².